The number of rotatable bonds is 3. The van der Waals surface area contributed by atoms with Gasteiger partial charge in [-0.05, 0) is 31.2 Å². The fourth-order valence-electron chi connectivity index (χ4n) is 2.09. The first-order chi connectivity index (χ1) is 10.0. The van der Waals surface area contributed by atoms with Crippen molar-refractivity contribution in [2.24, 2.45) is 0 Å². The maximum atomic E-state index is 12.3. The van der Waals surface area contributed by atoms with Gasteiger partial charge in [-0.1, -0.05) is 23.2 Å². The molecule has 1 aromatic carbocycles. The zero-order valence-electron chi connectivity index (χ0n) is 11.3. The number of hydrogen-bond acceptors (Lipinski definition) is 4. The number of aryl methyl sites for hydroxylation is 1. The molecule has 3 aromatic rings. The van der Waals surface area contributed by atoms with Crippen LogP contribution in [0.3, 0.4) is 0 Å². The molecule has 3 nitrogen and oxygen atoms in total. The number of amides is 1. The van der Waals surface area contributed by atoms with Crippen molar-refractivity contribution in [1.82, 2.24) is 5.32 Å². The molecule has 0 aliphatic carbocycles. The van der Waals surface area contributed by atoms with Gasteiger partial charge in [0.25, 0.3) is 5.91 Å². The molecule has 0 saturated heterocycles. The van der Waals surface area contributed by atoms with Crippen molar-refractivity contribution < 1.29 is 4.79 Å². The van der Waals surface area contributed by atoms with Crippen LogP contribution in [0.25, 0.3) is 10.1 Å². The molecule has 6 heteroatoms. The highest BCUT2D eigenvalue weighted by molar-refractivity contribution is 7.21. The van der Waals surface area contributed by atoms with Gasteiger partial charge in [-0.2, -0.15) is 0 Å². The first-order valence-corrected chi connectivity index (χ1v) is 8.37. The molecular formula is C15H13ClN2OS2. The summed E-state index contributed by atoms with van der Waals surface area (Å²) in [4.78, 5) is 13.9. The van der Waals surface area contributed by atoms with Crippen LogP contribution in [-0.4, -0.2) is 5.91 Å². The summed E-state index contributed by atoms with van der Waals surface area (Å²) in [5, 5.41) is 3.84. The molecule has 0 aliphatic rings. The van der Waals surface area contributed by atoms with Crippen LogP contribution < -0.4 is 11.1 Å². The molecule has 3 rings (SSSR count). The summed E-state index contributed by atoms with van der Waals surface area (Å²) in [5.74, 6) is -0.143. The van der Waals surface area contributed by atoms with Gasteiger partial charge in [-0.3, -0.25) is 4.79 Å². The predicted octanol–water partition coefficient (Wildman–Crippen LogP) is 4.44. The third kappa shape index (κ3) is 2.90. The van der Waals surface area contributed by atoms with Crippen LogP contribution in [0.15, 0.2) is 30.3 Å². The maximum Gasteiger partial charge on any atom is 0.263 e. The van der Waals surface area contributed by atoms with E-state index in [1.165, 1.54) is 22.7 Å². The number of halogens is 1. The standard InChI is InChI=1S/C15H13ClN2OS2/c1-8-2-4-11-10(6-8)13(17)14(21-11)15(19)18-7-9-3-5-12(16)20-9/h2-6H,7,17H2,1H3,(H,18,19). The molecular weight excluding hydrogens is 324 g/mol. The summed E-state index contributed by atoms with van der Waals surface area (Å²) in [6.07, 6.45) is 0. The van der Waals surface area contributed by atoms with E-state index in [2.05, 4.69) is 5.32 Å². The van der Waals surface area contributed by atoms with Gasteiger partial charge in [0.2, 0.25) is 0 Å². The highest BCUT2D eigenvalue weighted by Crippen LogP contribution is 2.34. The van der Waals surface area contributed by atoms with E-state index >= 15 is 0 Å². The molecule has 0 aliphatic heterocycles. The lowest BCUT2D eigenvalue weighted by Gasteiger charge is -2.02. The van der Waals surface area contributed by atoms with Gasteiger partial charge in [0.05, 0.1) is 16.6 Å². The lowest BCUT2D eigenvalue weighted by atomic mass is 10.1. The smallest absolute Gasteiger partial charge is 0.263 e. The normalized spacial score (nSPS) is 11.0. The fraction of sp³-hybridized carbons (Fsp3) is 0.133. The summed E-state index contributed by atoms with van der Waals surface area (Å²) in [6, 6.07) is 9.77. The van der Waals surface area contributed by atoms with Crippen LogP contribution in [0.4, 0.5) is 5.69 Å². The molecule has 0 spiro atoms. The van der Waals surface area contributed by atoms with Crippen molar-refractivity contribution in [3.05, 3.63) is 50.0 Å². The average Bonchev–Trinajstić information content (AvgIpc) is 3.01. The summed E-state index contributed by atoms with van der Waals surface area (Å²) >= 11 is 8.75. The zero-order chi connectivity index (χ0) is 15.0. The number of carbonyl (C=O) groups is 1. The second-order valence-corrected chi connectivity index (χ2v) is 7.58. The second-order valence-electron chi connectivity index (χ2n) is 4.73. The van der Waals surface area contributed by atoms with Gasteiger partial charge >= 0.3 is 0 Å². The Bertz CT molecular complexity index is 822. The molecule has 0 unspecified atom stereocenters. The van der Waals surface area contributed by atoms with Crippen LogP contribution in [-0.2, 0) is 6.54 Å². The molecule has 1 amide bonds. The van der Waals surface area contributed by atoms with Crippen molar-refractivity contribution in [2.45, 2.75) is 13.5 Å². The molecule has 2 heterocycles. The van der Waals surface area contributed by atoms with Crippen molar-refractivity contribution in [2.75, 3.05) is 5.73 Å². The van der Waals surface area contributed by atoms with Crippen molar-refractivity contribution >= 4 is 56.0 Å². The van der Waals surface area contributed by atoms with Crippen LogP contribution in [0.5, 0.6) is 0 Å². The van der Waals surface area contributed by atoms with E-state index in [0.717, 1.165) is 24.9 Å². The summed E-state index contributed by atoms with van der Waals surface area (Å²) in [7, 11) is 0. The second kappa shape index (κ2) is 5.67. The summed E-state index contributed by atoms with van der Waals surface area (Å²) in [5.41, 5.74) is 7.80. The van der Waals surface area contributed by atoms with Crippen LogP contribution in [0, 0.1) is 6.92 Å². The van der Waals surface area contributed by atoms with Gasteiger partial charge < -0.3 is 11.1 Å². The van der Waals surface area contributed by atoms with Crippen LogP contribution in [0.2, 0.25) is 4.34 Å². The van der Waals surface area contributed by atoms with Crippen molar-refractivity contribution in [1.29, 1.82) is 0 Å². The Morgan fingerprint density at radius 2 is 2.10 bits per heavy atom. The Balaban J connectivity index is 1.82. The maximum absolute atomic E-state index is 12.3. The average molecular weight is 337 g/mol. The molecule has 3 N–H and O–H groups in total. The zero-order valence-corrected chi connectivity index (χ0v) is 13.7. The van der Waals surface area contributed by atoms with E-state index in [9.17, 15) is 4.79 Å². The molecule has 108 valence electrons. The van der Waals surface area contributed by atoms with Gasteiger partial charge in [-0.15, -0.1) is 22.7 Å². The minimum Gasteiger partial charge on any atom is -0.397 e. The monoisotopic (exact) mass is 336 g/mol. The van der Waals surface area contributed by atoms with E-state index < -0.39 is 0 Å². The van der Waals surface area contributed by atoms with Gasteiger partial charge in [-0.25, -0.2) is 0 Å². The number of fused-ring (bicyclic) bond motifs is 1. The van der Waals surface area contributed by atoms with E-state index in [4.69, 9.17) is 17.3 Å². The number of carbonyl (C=O) groups excluding carboxylic acids is 1. The minimum absolute atomic E-state index is 0.143. The molecule has 0 fully saturated rings. The fourth-order valence-corrected chi connectivity index (χ4v) is 4.14. The number of thiophene rings is 2. The minimum atomic E-state index is -0.143. The van der Waals surface area contributed by atoms with E-state index in [1.807, 2.05) is 37.3 Å². The third-order valence-electron chi connectivity index (χ3n) is 3.14. The van der Waals surface area contributed by atoms with Gasteiger partial charge in [0, 0.05) is 15.0 Å². The van der Waals surface area contributed by atoms with Crippen molar-refractivity contribution in [3.63, 3.8) is 0 Å². The lowest BCUT2D eigenvalue weighted by Crippen LogP contribution is -2.22. The topological polar surface area (TPSA) is 55.1 Å². The van der Waals surface area contributed by atoms with Crippen LogP contribution >= 0.6 is 34.3 Å². The molecule has 0 bridgehead atoms. The summed E-state index contributed by atoms with van der Waals surface area (Å²) < 4.78 is 1.75. The molecule has 2 aromatic heterocycles. The van der Waals surface area contributed by atoms with Crippen LogP contribution in [0.1, 0.15) is 20.1 Å². The third-order valence-corrected chi connectivity index (χ3v) is 5.56. The first kappa shape index (κ1) is 14.4. The van der Waals surface area contributed by atoms with E-state index in [-0.39, 0.29) is 5.91 Å². The quantitative estimate of drug-likeness (QED) is 0.743. The van der Waals surface area contributed by atoms with Gasteiger partial charge in [0.1, 0.15) is 4.88 Å². The molecule has 0 atom stereocenters. The van der Waals surface area contributed by atoms with E-state index in [0.29, 0.717) is 17.1 Å². The summed E-state index contributed by atoms with van der Waals surface area (Å²) in [6.45, 7) is 2.47. The number of nitrogen functional groups attached to an aromatic ring is 1. The Labute approximate surface area is 135 Å². The number of nitrogens with two attached hydrogens (primary N) is 1. The number of benzene rings is 1. The molecule has 0 radical (unpaired) electrons. The number of anilines is 1. The molecule has 0 saturated carbocycles. The molecule has 21 heavy (non-hydrogen) atoms. The Kier molecular flexibility index (Phi) is 3.89. The number of hydrogen-bond donors (Lipinski definition) is 2. The Morgan fingerprint density at radius 1 is 1.29 bits per heavy atom. The lowest BCUT2D eigenvalue weighted by molar-refractivity contribution is 0.0956. The van der Waals surface area contributed by atoms with Crippen molar-refractivity contribution in [3.8, 4) is 0 Å². The number of nitrogens with one attached hydrogen (secondary N) is 1. The largest absolute Gasteiger partial charge is 0.397 e. The highest BCUT2D eigenvalue weighted by Gasteiger charge is 2.16. The Morgan fingerprint density at radius 3 is 2.81 bits per heavy atom. The highest BCUT2D eigenvalue weighted by atomic mass is 35.5. The van der Waals surface area contributed by atoms with E-state index in [1.54, 1.807) is 0 Å². The Hall–Kier alpha value is -1.56. The predicted molar refractivity (Wildman–Crippen MR) is 91.5 cm³/mol. The van der Waals surface area contributed by atoms with Gasteiger partial charge in [0.15, 0.2) is 0 Å². The first-order valence-electron chi connectivity index (χ1n) is 6.35. The SMILES string of the molecule is Cc1ccc2sc(C(=O)NCc3ccc(Cl)s3)c(N)c2c1.